The molecule has 1 N–H and O–H groups in total. The first-order chi connectivity index (χ1) is 8.99. The largest absolute Gasteiger partial charge is 0.356 e. The molecule has 2 heterocycles. The van der Waals surface area contributed by atoms with Crippen molar-refractivity contribution in [2.75, 3.05) is 5.32 Å². The Labute approximate surface area is 118 Å². The highest BCUT2D eigenvalue weighted by Gasteiger charge is 2.19. The summed E-state index contributed by atoms with van der Waals surface area (Å²) in [5.74, 6) is 0. The topological polar surface area (TPSA) is 55.6 Å². The van der Waals surface area contributed by atoms with E-state index in [1.165, 1.54) is 5.56 Å². The molecule has 0 radical (unpaired) electrons. The molecule has 6 heteroatoms. The van der Waals surface area contributed by atoms with Crippen LogP contribution in [0.4, 0.5) is 5.13 Å². The average molecular weight is 279 g/mol. The summed E-state index contributed by atoms with van der Waals surface area (Å²) in [5.41, 5.74) is 1.23. The minimum absolute atomic E-state index is 0.0591. The van der Waals surface area contributed by atoms with Crippen molar-refractivity contribution in [3.05, 3.63) is 23.0 Å². The highest BCUT2D eigenvalue weighted by atomic mass is 32.1. The van der Waals surface area contributed by atoms with Crippen LogP contribution >= 0.6 is 11.3 Å². The summed E-state index contributed by atoms with van der Waals surface area (Å²) < 4.78 is 1.97. The number of aryl methyl sites for hydroxylation is 1. The Morgan fingerprint density at radius 2 is 2.11 bits per heavy atom. The molecule has 2 aromatic heterocycles. The lowest BCUT2D eigenvalue weighted by molar-refractivity contribution is 0.578. The van der Waals surface area contributed by atoms with Crippen LogP contribution in [0.25, 0.3) is 0 Å². The average Bonchev–Trinajstić information content (AvgIpc) is 2.94. The Hall–Kier alpha value is -1.43. The van der Waals surface area contributed by atoms with Crippen LogP contribution in [0.3, 0.4) is 0 Å². The van der Waals surface area contributed by atoms with Crippen LogP contribution in [-0.4, -0.2) is 20.0 Å². The van der Waals surface area contributed by atoms with E-state index in [2.05, 4.69) is 54.5 Å². The zero-order valence-corrected chi connectivity index (χ0v) is 12.8. The Morgan fingerprint density at radius 1 is 1.32 bits per heavy atom. The second-order valence-corrected chi connectivity index (χ2v) is 6.61. The Kier molecular flexibility index (Phi) is 4.19. The van der Waals surface area contributed by atoms with Crippen LogP contribution in [0.15, 0.2) is 12.4 Å². The summed E-state index contributed by atoms with van der Waals surface area (Å²) in [6.45, 7) is 10.3. The molecule has 2 aromatic rings. The fraction of sp³-hybridized carbons (Fsp3) is 0.615. The van der Waals surface area contributed by atoms with Crippen molar-refractivity contribution in [1.29, 1.82) is 0 Å². The van der Waals surface area contributed by atoms with Gasteiger partial charge in [-0.05, 0) is 6.42 Å². The minimum Gasteiger partial charge on any atom is -0.356 e. The van der Waals surface area contributed by atoms with E-state index in [4.69, 9.17) is 0 Å². The summed E-state index contributed by atoms with van der Waals surface area (Å²) >= 11 is 1.62. The van der Waals surface area contributed by atoms with Gasteiger partial charge in [-0.3, -0.25) is 4.68 Å². The van der Waals surface area contributed by atoms with Crippen LogP contribution in [0.2, 0.25) is 0 Å². The normalized spacial score (nSPS) is 11.8. The monoisotopic (exact) mass is 279 g/mol. The fourth-order valence-electron chi connectivity index (χ4n) is 1.62. The van der Waals surface area contributed by atoms with E-state index in [1.54, 1.807) is 11.3 Å². The van der Waals surface area contributed by atoms with Crippen molar-refractivity contribution >= 4 is 16.5 Å². The lowest BCUT2D eigenvalue weighted by atomic mass is 9.98. The van der Waals surface area contributed by atoms with E-state index < -0.39 is 0 Å². The van der Waals surface area contributed by atoms with E-state index in [0.717, 1.165) is 29.6 Å². The van der Waals surface area contributed by atoms with Gasteiger partial charge in [0.25, 0.3) is 0 Å². The first kappa shape index (κ1) is 14.0. The molecule has 0 spiro atoms. The molecule has 19 heavy (non-hydrogen) atoms. The summed E-state index contributed by atoms with van der Waals surface area (Å²) in [6, 6.07) is 0. The van der Waals surface area contributed by atoms with Crippen LogP contribution in [0.5, 0.6) is 0 Å². The molecular weight excluding hydrogens is 258 g/mol. The molecule has 0 unspecified atom stereocenters. The van der Waals surface area contributed by atoms with Crippen LogP contribution < -0.4 is 5.32 Å². The first-order valence-corrected chi connectivity index (χ1v) is 7.40. The molecule has 104 valence electrons. The van der Waals surface area contributed by atoms with Gasteiger partial charge in [-0.15, -0.1) is 10.2 Å². The molecule has 0 saturated heterocycles. The first-order valence-electron chi connectivity index (χ1n) is 6.58. The number of hydrogen-bond donors (Lipinski definition) is 1. The predicted octanol–water partition coefficient (Wildman–Crippen LogP) is 3.05. The standard InChI is InChI=1S/C13H21N5S/c1-5-6-18-9-10(8-15-18)7-14-12-17-16-11(19-12)13(2,3)4/h8-9H,5-7H2,1-4H3,(H,14,17). The number of nitrogens with zero attached hydrogens (tertiary/aromatic N) is 4. The maximum absolute atomic E-state index is 4.31. The third-order valence-corrected chi connectivity index (χ3v) is 3.96. The zero-order chi connectivity index (χ0) is 13.9. The van der Waals surface area contributed by atoms with E-state index in [1.807, 2.05) is 10.9 Å². The van der Waals surface area contributed by atoms with E-state index in [-0.39, 0.29) is 5.41 Å². The molecule has 0 atom stereocenters. The predicted molar refractivity (Wildman–Crippen MR) is 78.5 cm³/mol. The van der Waals surface area contributed by atoms with Gasteiger partial charge in [-0.2, -0.15) is 5.10 Å². The molecule has 0 bridgehead atoms. The zero-order valence-electron chi connectivity index (χ0n) is 12.0. The molecule has 0 amide bonds. The molecule has 0 aromatic carbocycles. The lowest BCUT2D eigenvalue weighted by Crippen LogP contribution is -2.10. The Balaban J connectivity index is 1.93. The van der Waals surface area contributed by atoms with Gasteiger partial charge in [0, 0.05) is 30.3 Å². The highest BCUT2D eigenvalue weighted by Crippen LogP contribution is 2.27. The number of nitrogens with one attached hydrogen (secondary N) is 1. The van der Waals surface area contributed by atoms with Crippen LogP contribution in [0, 0.1) is 0 Å². The minimum atomic E-state index is 0.0591. The van der Waals surface area contributed by atoms with E-state index in [9.17, 15) is 0 Å². The summed E-state index contributed by atoms with van der Waals surface area (Å²) in [6.07, 6.45) is 5.07. The van der Waals surface area contributed by atoms with Gasteiger partial charge in [0.1, 0.15) is 5.01 Å². The third kappa shape index (κ3) is 3.76. The van der Waals surface area contributed by atoms with Crippen molar-refractivity contribution in [3.8, 4) is 0 Å². The second-order valence-electron chi connectivity index (χ2n) is 5.63. The van der Waals surface area contributed by atoms with Gasteiger partial charge in [0.2, 0.25) is 5.13 Å². The smallest absolute Gasteiger partial charge is 0.205 e. The van der Waals surface area contributed by atoms with Crippen LogP contribution in [0.1, 0.15) is 44.7 Å². The Bertz CT molecular complexity index is 523. The van der Waals surface area contributed by atoms with Gasteiger partial charge in [-0.25, -0.2) is 0 Å². The molecule has 0 saturated carbocycles. The second kappa shape index (κ2) is 5.69. The van der Waals surface area contributed by atoms with Crippen molar-refractivity contribution in [3.63, 3.8) is 0 Å². The van der Waals surface area contributed by atoms with Crippen molar-refractivity contribution in [2.24, 2.45) is 0 Å². The maximum Gasteiger partial charge on any atom is 0.205 e. The molecular formula is C13H21N5S. The van der Waals surface area contributed by atoms with Gasteiger partial charge in [0.05, 0.1) is 6.20 Å². The Morgan fingerprint density at radius 3 is 2.74 bits per heavy atom. The molecule has 5 nitrogen and oxygen atoms in total. The summed E-state index contributed by atoms with van der Waals surface area (Å²) in [4.78, 5) is 0. The quantitative estimate of drug-likeness (QED) is 0.914. The van der Waals surface area contributed by atoms with Crippen LogP contribution in [-0.2, 0) is 18.5 Å². The number of anilines is 1. The van der Waals surface area contributed by atoms with Crippen molar-refractivity contribution in [1.82, 2.24) is 20.0 Å². The molecule has 0 aliphatic carbocycles. The number of rotatable bonds is 5. The van der Waals surface area contributed by atoms with Crippen molar-refractivity contribution in [2.45, 2.75) is 52.6 Å². The van der Waals surface area contributed by atoms with Gasteiger partial charge in [-0.1, -0.05) is 39.0 Å². The lowest BCUT2D eigenvalue weighted by Gasteiger charge is -2.12. The van der Waals surface area contributed by atoms with Gasteiger partial charge < -0.3 is 5.32 Å². The van der Waals surface area contributed by atoms with Crippen molar-refractivity contribution < 1.29 is 0 Å². The maximum atomic E-state index is 4.31. The molecule has 2 rings (SSSR count). The van der Waals surface area contributed by atoms with Gasteiger partial charge in [0.15, 0.2) is 0 Å². The van der Waals surface area contributed by atoms with Gasteiger partial charge >= 0.3 is 0 Å². The fourth-order valence-corrected chi connectivity index (χ4v) is 2.42. The molecule has 0 aliphatic rings. The number of aromatic nitrogens is 4. The number of hydrogen-bond acceptors (Lipinski definition) is 5. The van der Waals surface area contributed by atoms with E-state index >= 15 is 0 Å². The highest BCUT2D eigenvalue weighted by molar-refractivity contribution is 7.15. The molecule has 0 aliphatic heterocycles. The SMILES string of the molecule is CCCn1cc(CNc2nnc(C(C)(C)C)s2)cn1. The molecule has 0 fully saturated rings. The third-order valence-electron chi connectivity index (χ3n) is 2.65. The summed E-state index contributed by atoms with van der Waals surface area (Å²) in [5, 5.41) is 17.9. The van der Waals surface area contributed by atoms with E-state index in [0.29, 0.717) is 0 Å². The summed E-state index contributed by atoms with van der Waals surface area (Å²) in [7, 11) is 0.